The molecular weight excluding hydrogens is 218 g/mol. The SMILES string of the molecule is NCC1(c2ccc(-c3ccccc3)cc2)CCC1. The molecule has 0 amide bonds. The fraction of sp³-hybridized carbons (Fsp3) is 0.294. The van der Waals surface area contributed by atoms with Crippen LogP contribution in [0.25, 0.3) is 11.1 Å². The Balaban J connectivity index is 1.90. The van der Waals surface area contributed by atoms with Crippen LogP contribution in [0, 0.1) is 0 Å². The smallest absolute Gasteiger partial charge is 0.00755 e. The van der Waals surface area contributed by atoms with Crippen LogP contribution in [-0.4, -0.2) is 6.54 Å². The van der Waals surface area contributed by atoms with Gasteiger partial charge in [0.1, 0.15) is 0 Å². The minimum absolute atomic E-state index is 0.273. The molecule has 1 fully saturated rings. The predicted octanol–water partition coefficient (Wildman–Crippen LogP) is 3.73. The molecule has 2 aromatic rings. The molecule has 0 radical (unpaired) electrons. The van der Waals surface area contributed by atoms with Crippen molar-refractivity contribution in [2.24, 2.45) is 5.73 Å². The van der Waals surface area contributed by atoms with Crippen molar-refractivity contribution in [1.82, 2.24) is 0 Å². The monoisotopic (exact) mass is 237 g/mol. The third-order valence-electron chi connectivity index (χ3n) is 4.31. The maximum absolute atomic E-state index is 5.95. The van der Waals surface area contributed by atoms with Crippen LogP contribution in [0.4, 0.5) is 0 Å². The summed E-state index contributed by atoms with van der Waals surface area (Å²) < 4.78 is 0. The van der Waals surface area contributed by atoms with Crippen molar-refractivity contribution in [2.75, 3.05) is 6.54 Å². The highest BCUT2D eigenvalue weighted by molar-refractivity contribution is 5.63. The fourth-order valence-electron chi connectivity index (χ4n) is 2.86. The molecule has 1 heteroatoms. The Morgan fingerprint density at radius 3 is 1.94 bits per heavy atom. The summed E-state index contributed by atoms with van der Waals surface area (Å²) in [6, 6.07) is 19.5. The van der Waals surface area contributed by atoms with Gasteiger partial charge in [-0.3, -0.25) is 0 Å². The van der Waals surface area contributed by atoms with Gasteiger partial charge in [-0.25, -0.2) is 0 Å². The van der Waals surface area contributed by atoms with E-state index >= 15 is 0 Å². The van der Waals surface area contributed by atoms with Gasteiger partial charge < -0.3 is 5.73 Å². The van der Waals surface area contributed by atoms with Crippen LogP contribution in [-0.2, 0) is 5.41 Å². The van der Waals surface area contributed by atoms with Crippen LogP contribution >= 0.6 is 0 Å². The highest BCUT2D eigenvalue weighted by Crippen LogP contribution is 2.43. The highest BCUT2D eigenvalue weighted by Gasteiger charge is 2.36. The van der Waals surface area contributed by atoms with Gasteiger partial charge in [0.05, 0.1) is 0 Å². The summed E-state index contributed by atoms with van der Waals surface area (Å²) in [4.78, 5) is 0. The first-order chi connectivity index (χ1) is 8.84. The maximum atomic E-state index is 5.95. The minimum Gasteiger partial charge on any atom is -0.330 e. The van der Waals surface area contributed by atoms with Crippen LogP contribution in [0.3, 0.4) is 0 Å². The summed E-state index contributed by atoms with van der Waals surface area (Å²) in [6.07, 6.45) is 3.81. The predicted molar refractivity (Wildman–Crippen MR) is 76.5 cm³/mol. The van der Waals surface area contributed by atoms with E-state index in [-0.39, 0.29) is 5.41 Å². The Kier molecular flexibility index (Phi) is 2.92. The number of hydrogen-bond acceptors (Lipinski definition) is 1. The van der Waals surface area contributed by atoms with Crippen molar-refractivity contribution in [3.05, 3.63) is 60.2 Å². The van der Waals surface area contributed by atoms with Gasteiger partial charge >= 0.3 is 0 Å². The molecule has 0 aliphatic heterocycles. The standard InChI is InChI=1S/C17H19N/c18-13-17(11-4-12-17)16-9-7-15(8-10-16)14-5-2-1-3-6-14/h1-3,5-10H,4,11-13,18H2. The van der Waals surface area contributed by atoms with Crippen LogP contribution < -0.4 is 5.73 Å². The Labute approximate surface area is 109 Å². The molecule has 1 aliphatic rings. The molecule has 92 valence electrons. The van der Waals surface area contributed by atoms with Crippen LogP contribution in [0.2, 0.25) is 0 Å². The normalized spacial score (nSPS) is 17.2. The quantitative estimate of drug-likeness (QED) is 0.864. The Morgan fingerprint density at radius 1 is 0.833 bits per heavy atom. The largest absolute Gasteiger partial charge is 0.330 e. The van der Waals surface area contributed by atoms with E-state index in [0.717, 1.165) is 6.54 Å². The summed E-state index contributed by atoms with van der Waals surface area (Å²) in [6.45, 7) is 0.775. The van der Waals surface area contributed by atoms with Gasteiger partial charge in [0.25, 0.3) is 0 Å². The molecule has 3 rings (SSSR count). The Bertz CT molecular complexity index is 504. The zero-order valence-corrected chi connectivity index (χ0v) is 10.6. The van der Waals surface area contributed by atoms with Crippen molar-refractivity contribution < 1.29 is 0 Å². The molecule has 1 saturated carbocycles. The lowest BCUT2D eigenvalue weighted by Crippen LogP contribution is -2.41. The van der Waals surface area contributed by atoms with Crippen LogP contribution in [0.1, 0.15) is 24.8 Å². The van der Waals surface area contributed by atoms with Crippen LogP contribution in [0.15, 0.2) is 54.6 Å². The maximum Gasteiger partial charge on any atom is 0.00755 e. The molecule has 0 heterocycles. The van der Waals surface area contributed by atoms with Gasteiger partial charge in [-0.05, 0) is 29.5 Å². The zero-order valence-electron chi connectivity index (χ0n) is 10.6. The lowest BCUT2D eigenvalue weighted by molar-refractivity contribution is 0.253. The average Bonchev–Trinajstić information content (AvgIpc) is 2.40. The van der Waals surface area contributed by atoms with E-state index < -0.39 is 0 Å². The van der Waals surface area contributed by atoms with E-state index in [9.17, 15) is 0 Å². The van der Waals surface area contributed by atoms with E-state index in [1.165, 1.54) is 36.0 Å². The first-order valence-electron chi connectivity index (χ1n) is 6.70. The molecular formula is C17H19N. The molecule has 2 aromatic carbocycles. The van der Waals surface area contributed by atoms with E-state index in [1.54, 1.807) is 0 Å². The lowest BCUT2D eigenvalue weighted by Gasteiger charge is -2.41. The molecule has 0 atom stereocenters. The molecule has 1 aliphatic carbocycles. The second-order valence-corrected chi connectivity index (χ2v) is 5.28. The summed E-state index contributed by atoms with van der Waals surface area (Å²) in [7, 11) is 0. The molecule has 0 spiro atoms. The van der Waals surface area contributed by atoms with Gasteiger partial charge in [0.2, 0.25) is 0 Å². The summed E-state index contributed by atoms with van der Waals surface area (Å²) in [5.41, 5.74) is 10.2. The van der Waals surface area contributed by atoms with Crippen molar-refractivity contribution in [1.29, 1.82) is 0 Å². The molecule has 2 N–H and O–H groups in total. The summed E-state index contributed by atoms with van der Waals surface area (Å²) in [5.74, 6) is 0. The summed E-state index contributed by atoms with van der Waals surface area (Å²) >= 11 is 0. The topological polar surface area (TPSA) is 26.0 Å². The van der Waals surface area contributed by atoms with E-state index in [2.05, 4.69) is 54.6 Å². The third-order valence-corrected chi connectivity index (χ3v) is 4.31. The Hall–Kier alpha value is -1.60. The van der Waals surface area contributed by atoms with Crippen molar-refractivity contribution in [2.45, 2.75) is 24.7 Å². The van der Waals surface area contributed by atoms with E-state index in [1.807, 2.05) is 0 Å². The molecule has 0 saturated heterocycles. The van der Waals surface area contributed by atoms with Gasteiger partial charge in [-0.2, -0.15) is 0 Å². The van der Waals surface area contributed by atoms with Gasteiger partial charge in [0.15, 0.2) is 0 Å². The number of hydrogen-bond donors (Lipinski definition) is 1. The average molecular weight is 237 g/mol. The fourth-order valence-corrected chi connectivity index (χ4v) is 2.86. The van der Waals surface area contributed by atoms with Crippen LogP contribution in [0.5, 0.6) is 0 Å². The minimum atomic E-state index is 0.273. The van der Waals surface area contributed by atoms with E-state index in [0.29, 0.717) is 0 Å². The lowest BCUT2D eigenvalue weighted by atomic mass is 9.64. The first kappa shape index (κ1) is 11.5. The first-order valence-corrected chi connectivity index (χ1v) is 6.70. The third kappa shape index (κ3) is 1.85. The molecule has 0 unspecified atom stereocenters. The Morgan fingerprint density at radius 2 is 1.44 bits per heavy atom. The van der Waals surface area contributed by atoms with Crippen molar-refractivity contribution >= 4 is 0 Å². The molecule has 0 aromatic heterocycles. The summed E-state index contributed by atoms with van der Waals surface area (Å²) in [5, 5.41) is 0. The number of nitrogens with two attached hydrogens (primary N) is 1. The second-order valence-electron chi connectivity index (χ2n) is 5.28. The van der Waals surface area contributed by atoms with E-state index in [4.69, 9.17) is 5.73 Å². The molecule has 18 heavy (non-hydrogen) atoms. The number of benzene rings is 2. The second kappa shape index (κ2) is 4.58. The highest BCUT2D eigenvalue weighted by atomic mass is 14.6. The van der Waals surface area contributed by atoms with Gasteiger partial charge in [0, 0.05) is 12.0 Å². The molecule has 1 nitrogen and oxygen atoms in total. The number of rotatable bonds is 3. The van der Waals surface area contributed by atoms with Crippen molar-refractivity contribution in [3.63, 3.8) is 0 Å². The molecule has 0 bridgehead atoms. The van der Waals surface area contributed by atoms with Gasteiger partial charge in [-0.15, -0.1) is 0 Å². The van der Waals surface area contributed by atoms with Crippen molar-refractivity contribution in [3.8, 4) is 11.1 Å². The zero-order chi connectivity index (χ0) is 12.4. The van der Waals surface area contributed by atoms with Gasteiger partial charge in [-0.1, -0.05) is 61.0 Å².